The Morgan fingerprint density at radius 2 is 1.60 bits per heavy atom. The largest absolute Gasteiger partial charge is 0.391 e. The van der Waals surface area contributed by atoms with Crippen LogP contribution < -0.4 is 10.6 Å². The Bertz CT molecular complexity index is 2880. The van der Waals surface area contributed by atoms with Gasteiger partial charge in [-0.25, -0.2) is 4.98 Å². The number of aliphatic imine (C=N–C) groups is 1. The summed E-state index contributed by atoms with van der Waals surface area (Å²) in [5.74, 6) is 0.464. The van der Waals surface area contributed by atoms with Gasteiger partial charge in [-0.3, -0.25) is 38.5 Å². The zero-order valence-corrected chi connectivity index (χ0v) is 45.7. The quantitative estimate of drug-likeness (QED) is 0.118. The summed E-state index contributed by atoms with van der Waals surface area (Å²) in [5, 5.41) is 27.6. The van der Waals surface area contributed by atoms with Gasteiger partial charge >= 0.3 is 0 Å². The second-order valence-electron chi connectivity index (χ2n) is 21.4. The van der Waals surface area contributed by atoms with Gasteiger partial charge in [-0.15, -0.1) is 32.9 Å². The van der Waals surface area contributed by atoms with Crippen molar-refractivity contribution in [3.8, 4) is 15.4 Å². The smallest absolute Gasteiger partial charge is 0.246 e. The third-order valence-corrected chi connectivity index (χ3v) is 17.6. The van der Waals surface area contributed by atoms with Crippen molar-refractivity contribution in [3.63, 3.8) is 0 Å². The minimum absolute atomic E-state index is 0.00391. The number of hydrogen-bond acceptors (Lipinski definition) is 13. The number of aliphatic hydroxyl groups is 1. The van der Waals surface area contributed by atoms with Crippen molar-refractivity contribution in [2.24, 2.45) is 10.4 Å². The topological polar surface area (TPSA) is 181 Å². The highest BCUT2D eigenvalue weighted by Crippen LogP contribution is 2.40. The second-order valence-corrected chi connectivity index (χ2v) is 23.9. The van der Waals surface area contributed by atoms with E-state index in [0.717, 1.165) is 74.3 Å². The second kappa shape index (κ2) is 21.5. The number of β-amino-alcohol motifs (C(OH)–C–C–N with tert-alkyl or cyclic N) is 1. The molecule has 3 saturated heterocycles. The van der Waals surface area contributed by atoms with Crippen molar-refractivity contribution in [1.29, 1.82) is 0 Å². The van der Waals surface area contributed by atoms with E-state index in [0.29, 0.717) is 43.1 Å². The average Bonchev–Trinajstić information content (AvgIpc) is 4.12. The van der Waals surface area contributed by atoms with Gasteiger partial charge in [0.1, 0.15) is 29.0 Å². The fourth-order valence-corrected chi connectivity index (χ4v) is 13.2. The first kappa shape index (κ1) is 52.5. The van der Waals surface area contributed by atoms with Crippen LogP contribution in [0.3, 0.4) is 0 Å². The normalized spacial score (nSPS) is 21.8. The number of fused-ring (bicyclic) bond motifs is 3. The van der Waals surface area contributed by atoms with Crippen molar-refractivity contribution >= 4 is 63.6 Å². The first-order valence-corrected chi connectivity index (χ1v) is 27.5. The van der Waals surface area contributed by atoms with Crippen molar-refractivity contribution in [2.45, 2.75) is 130 Å². The Morgan fingerprint density at radius 3 is 2.26 bits per heavy atom. The van der Waals surface area contributed by atoms with Gasteiger partial charge < -0.3 is 25.5 Å². The number of aromatic nitrogens is 4. The molecule has 6 atom stereocenters. The Hall–Kier alpha value is -5.37. The number of carbonyl (C=O) groups is 4. The van der Waals surface area contributed by atoms with Crippen LogP contribution in [-0.4, -0.2) is 150 Å². The zero-order chi connectivity index (χ0) is 52.0. The van der Waals surface area contributed by atoms with E-state index >= 15 is 0 Å². The minimum Gasteiger partial charge on any atom is -0.391 e. The molecule has 7 heterocycles. The third kappa shape index (κ3) is 11.1. The van der Waals surface area contributed by atoms with Crippen LogP contribution in [0.2, 0.25) is 5.02 Å². The molecule has 4 aliphatic heterocycles. The van der Waals surface area contributed by atoms with Gasteiger partial charge in [-0.1, -0.05) is 68.8 Å². The van der Waals surface area contributed by atoms with E-state index in [9.17, 15) is 24.3 Å². The van der Waals surface area contributed by atoms with Crippen LogP contribution in [0, 0.1) is 33.1 Å². The number of rotatable bonds is 12. The van der Waals surface area contributed by atoms with Crippen LogP contribution in [0.1, 0.15) is 117 Å². The Labute approximate surface area is 441 Å². The summed E-state index contributed by atoms with van der Waals surface area (Å²) in [4.78, 5) is 76.3. The maximum absolute atomic E-state index is 14.4. The maximum Gasteiger partial charge on any atom is 0.246 e. The fourth-order valence-electron chi connectivity index (χ4n) is 11.0. The molecule has 19 heteroatoms. The highest BCUT2D eigenvalue weighted by Gasteiger charge is 2.45. The summed E-state index contributed by atoms with van der Waals surface area (Å²) in [6.07, 6.45) is 1.09. The van der Waals surface area contributed by atoms with Crippen molar-refractivity contribution in [2.75, 3.05) is 45.8 Å². The van der Waals surface area contributed by atoms with Crippen molar-refractivity contribution in [3.05, 3.63) is 104 Å². The molecule has 5 aromatic rings. The molecule has 388 valence electrons. The summed E-state index contributed by atoms with van der Waals surface area (Å²) in [5.41, 5.74) is 8.02. The number of thiazole rings is 1. The standard InChI is InChI=1S/C54H68ClN11O5S2/c1-30-26-62(28-44(68)59-49(54(7,8)9)52(71)65-27-41(67)24-43(65)51(70)57-32(3)36-10-12-38(13-11-36)48-33(4)56-29-72-48)22-23-64(30)40-18-20-63(21-19-40)45(69)25-42-50-61-60-35(6)66(50)53-46(31(2)34(5)73-53)47(58-42)37-14-16-39(55)17-15-37/h10-17,29-30,32,40-43,49,67H,18-28H2,1-9H3,(H,57,70)(H,59,68)/t30-,32?,41-,42+,43+,49-/m1/s1. The summed E-state index contributed by atoms with van der Waals surface area (Å²) < 4.78 is 2.08. The van der Waals surface area contributed by atoms with E-state index in [4.69, 9.17) is 16.6 Å². The monoisotopic (exact) mass is 1050 g/mol. The number of nitrogens with zero attached hydrogens (tertiary/aromatic N) is 9. The van der Waals surface area contributed by atoms with Crippen LogP contribution >= 0.6 is 34.3 Å². The van der Waals surface area contributed by atoms with Gasteiger partial charge in [-0.05, 0) is 88.6 Å². The summed E-state index contributed by atoms with van der Waals surface area (Å²) >= 11 is 9.59. The van der Waals surface area contributed by atoms with E-state index in [2.05, 4.69) is 61.0 Å². The molecule has 3 N–H and O–H groups in total. The fraction of sp³-hybridized carbons (Fsp3) is 0.519. The van der Waals surface area contributed by atoms with Crippen LogP contribution in [-0.2, 0) is 19.2 Å². The third-order valence-electron chi connectivity index (χ3n) is 15.2. The summed E-state index contributed by atoms with van der Waals surface area (Å²) in [6, 6.07) is 13.5. The lowest BCUT2D eigenvalue weighted by atomic mass is 9.85. The molecule has 3 aromatic heterocycles. The molecular formula is C54H68ClN11O5S2. The molecule has 16 nitrogen and oxygen atoms in total. The van der Waals surface area contributed by atoms with Gasteiger partial charge in [-0.2, -0.15) is 0 Å². The number of piperidine rings is 1. The molecule has 3 fully saturated rings. The zero-order valence-electron chi connectivity index (χ0n) is 43.3. The molecule has 0 saturated carbocycles. The molecule has 2 aromatic carbocycles. The molecular weight excluding hydrogens is 982 g/mol. The number of nitrogens with one attached hydrogen (secondary N) is 2. The van der Waals surface area contributed by atoms with Crippen LogP contribution in [0.4, 0.5) is 0 Å². The average molecular weight is 1050 g/mol. The lowest BCUT2D eigenvalue weighted by Crippen LogP contribution is -2.61. The predicted molar refractivity (Wildman–Crippen MR) is 286 cm³/mol. The molecule has 0 bridgehead atoms. The molecule has 0 aliphatic carbocycles. The summed E-state index contributed by atoms with van der Waals surface area (Å²) in [6.45, 7) is 21.5. The van der Waals surface area contributed by atoms with E-state index in [-0.39, 0.29) is 61.6 Å². The molecule has 4 amide bonds. The number of amides is 4. The maximum atomic E-state index is 14.4. The Kier molecular flexibility index (Phi) is 15.4. The highest BCUT2D eigenvalue weighted by molar-refractivity contribution is 7.15. The van der Waals surface area contributed by atoms with Crippen LogP contribution in [0.15, 0.2) is 59.0 Å². The number of halogens is 1. The number of benzene rings is 2. The number of thiophene rings is 1. The van der Waals surface area contributed by atoms with Gasteiger partial charge in [0.05, 0.1) is 46.9 Å². The first-order chi connectivity index (χ1) is 34.7. The molecule has 4 aliphatic rings. The molecule has 1 unspecified atom stereocenters. The molecule has 9 rings (SSSR count). The van der Waals surface area contributed by atoms with Crippen LogP contribution in [0.5, 0.6) is 0 Å². The number of piperazine rings is 1. The number of carbonyl (C=O) groups excluding carboxylic acids is 4. The van der Waals surface area contributed by atoms with E-state index in [1.165, 1.54) is 9.78 Å². The summed E-state index contributed by atoms with van der Waals surface area (Å²) in [7, 11) is 0. The minimum atomic E-state index is -0.920. The number of likely N-dealkylation sites (tertiary alicyclic amines) is 2. The van der Waals surface area contributed by atoms with Gasteiger partial charge in [0.15, 0.2) is 5.82 Å². The van der Waals surface area contributed by atoms with E-state index in [1.54, 1.807) is 22.7 Å². The molecule has 73 heavy (non-hydrogen) atoms. The SMILES string of the molecule is Cc1ncsc1-c1ccc(C(C)NC(=O)[C@@H]2C[C@@H](O)CN2C(=O)[C@@H](NC(=O)CN2CCN(C3CCN(C(=O)C[C@@H]4N=C(c5ccc(Cl)cc5)c5c(sc(C)c5C)-n5c(C)nnc54)CC3)[C@H](C)C2)C(C)(C)C)cc1. The van der Waals surface area contributed by atoms with Gasteiger partial charge in [0.25, 0.3) is 0 Å². The molecule has 0 radical (unpaired) electrons. The lowest BCUT2D eigenvalue weighted by Gasteiger charge is -2.46. The number of aliphatic hydroxyl groups excluding tert-OH is 1. The Morgan fingerprint density at radius 1 is 0.904 bits per heavy atom. The van der Waals surface area contributed by atoms with Crippen molar-refractivity contribution in [1.82, 2.24) is 50.0 Å². The van der Waals surface area contributed by atoms with Crippen molar-refractivity contribution < 1.29 is 24.3 Å². The Balaban J connectivity index is 0.779. The number of aryl methyl sites for hydroxylation is 3. The van der Waals surface area contributed by atoms with Gasteiger partial charge in [0, 0.05) is 78.8 Å². The molecule has 0 spiro atoms. The van der Waals surface area contributed by atoms with E-state index < -0.39 is 29.6 Å². The number of hydrogen-bond donors (Lipinski definition) is 3. The lowest BCUT2D eigenvalue weighted by molar-refractivity contribution is -0.144. The highest BCUT2D eigenvalue weighted by atomic mass is 35.5. The van der Waals surface area contributed by atoms with E-state index in [1.807, 2.05) is 100 Å². The van der Waals surface area contributed by atoms with Crippen LogP contribution in [0.25, 0.3) is 15.4 Å². The first-order valence-electron chi connectivity index (χ1n) is 25.5. The van der Waals surface area contributed by atoms with Gasteiger partial charge in [0.2, 0.25) is 23.6 Å². The predicted octanol–water partition coefficient (Wildman–Crippen LogP) is 6.99.